The maximum atomic E-state index is 13.9. The number of hydrogen-bond acceptors (Lipinski definition) is 7. The Morgan fingerprint density at radius 3 is 2.32 bits per heavy atom. The summed E-state index contributed by atoms with van der Waals surface area (Å²) in [4.78, 5) is 11.2. The molecule has 4 aromatic rings. The van der Waals surface area contributed by atoms with Crippen LogP contribution in [0, 0.1) is 21.4 Å². The molecule has 8 nitrogen and oxygen atoms in total. The van der Waals surface area contributed by atoms with Gasteiger partial charge < -0.3 is 4.74 Å². The second-order valence-electron chi connectivity index (χ2n) is 8.16. The van der Waals surface area contributed by atoms with E-state index < -0.39 is 21.0 Å². The number of ether oxygens (including phenoxy) is 1. The highest BCUT2D eigenvalue weighted by atomic mass is 32.2. The highest BCUT2D eigenvalue weighted by molar-refractivity contribution is 7.91. The first-order valence-corrected chi connectivity index (χ1v) is 13.6. The third-order valence-corrected chi connectivity index (χ3v) is 8.97. The Kier molecular flexibility index (Phi) is 8.30. The summed E-state index contributed by atoms with van der Waals surface area (Å²) in [5, 5.41) is 22.8. The van der Waals surface area contributed by atoms with Crippen molar-refractivity contribution >= 4 is 27.0 Å². The second-order valence-corrected chi connectivity index (χ2v) is 11.2. The molecule has 1 atom stereocenters. The van der Waals surface area contributed by atoms with Crippen LogP contribution in [0.2, 0.25) is 0 Å². The van der Waals surface area contributed by atoms with E-state index in [1.165, 1.54) is 28.6 Å². The molecule has 0 fully saturated rings. The highest BCUT2D eigenvalue weighted by Gasteiger charge is 2.35. The predicted molar refractivity (Wildman–Crippen MR) is 141 cm³/mol. The monoisotopic (exact) mass is 533 g/mol. The Balaban J connectivity index is 1.80. The van der Waals surface area contributed by atoms with E-state index >= 15 is 0 Å². The molecule has 0 spiro atoms. The third-order valence-electron chi connectivity index (χ3n) is 5.70. The molecular formula is C27H23N3O5S2. The molecular weight excluding hydrogens is 510 g/mol. The van der Waals surface area contributed by atoms with Crippen LogP contribution in [0.5, 0.6) is 5.75 Å². The summed E-state index contributed by atoms with van der Waals surface area (Å²) in [6.45, 7) is -0.295. The summed E-state index contributed by atoms with van der Waals surface area (Å²) in [7, 11) is -4.08. The van der Waals surface area contributed by atoms with Gasteiger partial charge in [0.2, 0.25) is 0 Å². The summed E-state index contributed by atoms with van der Waals surface area (Å²) < 4.78 is 35.2. The Labute approximate surface area is 219 Å². The van der Waals surface area contributed by atoms with Gasteiger partial charge in [0.05, 0.1) is 22.6 Å². The van der Waals surface area contributed by atoms with E-state index in [2.05, 4.69) is 0 Å². The zero-order chi connectivity index (χ0) is 26.3. The van der Waals surface area contributed by atoms with Crippen LogP contribution in [0.25, 0.3) is 0 Å². The van der Waals surface area contributed by atoms with E-state index in [1.54, 1.807) is 23.6 Å². The van der Waals surface area contributed by atoms with Gasteiger partial charge in [-0.2, -0.15) is 9.57 Å². The average molecular weight is 534 g/mol. The van der Waals surface area contributed by atoms with Crippen LogP contribution in [-0.2, 0) is 23.0 Å². The number of sulfonamides is 1. The number of hydrogen-bond donors (Lipinski definition) is 0. The van der Waals surface area contributed by atoms with Crippen LogP contribution in [0.1, 0.15) is 16.7 Å². The van der Waals surface area contributed by atoms with Crippen molar-refractivity contribution in [2.45, 2.75) is 23.2 Å². The Bertz CT molecular complexity index is 1490. The molecule has 0 saturated carbocycles. The van der Waals surface area contributed by atoms with E-state index in [1.807, 2.05) is 54.6 Å². The van der Waals surface area contributed by atoms with E-state index in [9.17, 15) is 23.8 Å². The van der Waals surface area contributed by atoms with Crippen molar-refractivity contribution in [3.05, 3.63) is 123 Å². The van der Waals surface area contributed by atoms with Crippen LogP contribution in [-0.4, -0.2) is 30.3 Å². The smallest absolute Gasteiger partial charge is 0.274 e. The van der Waals surface area contributed by atoms with Crippen molar-refractivity contribution in [1.82, 2.24) is 4.31 Å². The second kappa shape index (κ2) is 11.8. The van der Waals surface area contributed by atoms with Crippen molar-refractivity contribution in [1.29, 1.82) is 5.26 Å². The molecule has 0 amide bonds. The fourth-order valence-corrected chi connectivity index (χ4v) is 6.61. The molecule has 0 N–H and O–H groups in total. The lowest BCUT2D eigenvalue weighted by atomic mass is 10.0. The Morgan fingerprint density at radius 1 is 1.00 bits per heavy atom. The number of thiophene rings is 1. The Morgan fingerprint density at radius 2 is 1.70 bits per heavy atom. The largest absolute Gasteiger partial charge is 0.492 e. The van der Waals surface area contributed by atoms with E-state index in [0.29, 0.717) is 12.2 Å². The van der Waals surface area contributed by atoms with Crippen LogP contribution in [0.4, 0.5) is 5.69 Å². The molecule has 4 rings (SSSR count). The number of nitro benzene ring substituents is 1. The number of benzene rings is 3. The summed E-state index contributed by atoms with van der Waals surface area (Å²) in [6.07, 6.45) is 0.310. The molecule has 10 heteroatoms. The molecule has 0 aliphatic heterocycles. The number of para-hydroxylation sites is 1. The molecule has 0 bridgehead atoms. The lowest BCUT2D eigenvalue weighted by Crippen LogP contribution is -2.44. The number of nitro groups is 1. The first kappa shape index (κ1) is 26.0. The fourth-order valence-electron chi connectivity index (χ4n) is 3.90. The summed E-state index contributed by atoms with van der Waals surface area (Å²) in [6, 6.07) is 26.8. The predicted octanol–water partition coefficient (Wildman–Crippen LogP) is 5.41. The van der Waals surface area contributed by atoms with Crippen LogP contribution >= 0.6 is 11.3 Å². The third kappa shape index (κ3) is 6.40. The lowest BCUT2D eigenvalue weighted by molar-refractivity contribution is -0.385. The van der Waals surface area contributed by atoms with Crippen molar-refractivity contribution in [2.75, 3.05) is 6.61 Å². The molecule has 37 heavy (non-hydrogen) atoms. The van der Waals surface area contributed by atoms with Gasteiger partial charge in [-0.25, -0.2) is 8.42 Å². The van der Waals surface area contributed by atoms with Crippen molar-refractivity contribution in [3.63, 3.8) is 0 Å². The Hall–Kier alpha value is -4.04. The molecule has 1 unspecified atom stereocenters. The number of nitriles is 1. The SMILES string of the molecule is N#Cc1ccc([N+](=O)[O-])c(CN(C(COc2ccccc2)Cc2ccccc2)S(=O)(=O)c2cccs2)c1. The highest BCUT2D eigenvalue weighted by Crippen LogP contribution is 2.30. The first-order valence-electron chi connectivity index (χ1n) is 11.3. The number of rotatable bonds is 11. The van der Waals surface area contributed by atoms with Gasteiger partial charge in [-0.3, -0.25) is 10.1 Å². The average Bonchev–Trinajstić information content (AvgIpc) is 3.47. The zero-order valence-corrected chi connectivity index (χ0v) is 21.3. The van der Waals surface area contributed by atoms with Crippen molar-refractivity contribution in [3.8, 4) is 11.8 Å². The van der Waals surface area contributed by atoms with E-state index in [0.717, 1.165) is 16.9 Å². The van der Waals surface area contributed by atoms with Gasteiger partial charge in [0.25, 0.3) is 15.7 Å². The van der Waals surface area contributed by atoms with Crippen molar-refractivity contribution < 1.29 is 18.1 Å². The minimum atomic E-state index is -4.08. The molecule has 0 aliphatic carbocycles. The number of nitrogens with zero attached hydrogens (tertiary/aromatic N) is 3. The van der Waals surface area contributed by atoms with Gasteiger partial charge in [0.1, 0.15) is 16.6 Å². The summed E-state index contributed by atoms with van der Waals surface area (Å²) in [5.74, 6) is 0.575. The van der Waals surface area contributed by atoms with Crippen LogP contribution in [0.3, 0.4) is 0 Å². The standard InChI is InChI=1S/C27H23N3O5S2/c28-18-22-13-14-26(30(31)32)23(16-22)19-29(37(33,34)27-12-7-15-36-27)24(17-21-8-3-1-4-9-21)20-35-25-10-5-2-6-11-25/h1-16,24H,17,19-20H2. The van der Waals surface area contributed by atoms with E-state index in [4.69, 9.17) is 4.74 Å². The molecule has 0 saturated heterocycles. The van der Waals surface area contributed by atoms with Gasteiger partial charge in [0, 0.05) is 18.2 Å². The molecule has 0 aliphatic rings. The zero-order valence-electron chi connectivity index (χ0n) is 19.6. The van der Waals surface area contributed by atoms with Gasteiger partial charge in [-0.15, -0.1) is 11.3 Å². The normalized spacial score (nSPS) is 12.1. The van der Waals surface area contributed by atoms with Crippen LogP contribution in [0.15, 0.2) is 101 Å². The molecule has 1 aromatic heterocycles. The van der Waals surface area contributed by atoms with E-state index in [-0.39, 0.29) is 34.2 Å². The fraction of sp³-hybridized carbons (Fsp3) is 0.148. The minimum Gasteiger partial charge on any atom is -0.492 e. The lowest BCUT2D eigenvalue weighted by Gasteiger charge is -2.31. The minimum absolute atomic E-state index is 0.00918. The maximum absolute atomic E-state index is 13.9. The maximum Gasteiger partial charge on any atom is 0.274 e. The summed E-state index contributed by atoms with van der Waals surface area (Å²) >= 11 is 1.07. The molecule has 3 aromatic carbocycles. The molecule has 1 heterocycles. The summed E-state index contributed by atoms with van der Waals surface area (Å²) in [5.41, 5.74) is 0.958. The molecule has 0 radical (unpaired) electrons. The topological polar surface area (TPSA) is 114 Å². The first-order chi connectivity index (χ1) is 17.9. The van der Waals surface area contributed by atoms with Gasteiger partial charge in [-0.05, 0) is 47.7 Å². The van der Waals surface area contributed by atoms with Crippen molar-refractivity contribution in [2.24, 2.45) is 0 Å². The van der Waals surface area contributed by atoms with Crippen LogP contribution < -0.4 is 4.74 Å². The quantitative estimate of drug-likeness (QED) is 0.188. The van der Waals surface area contributed by atoms with Gasteiger partial charge in [0.15, 0.2) is 0 Å². The molecule has 188 valence electrons. The van der Waals surface area contributed by atoms with Gasteiger partial charge in [-0.1, -0.05) is 54.6 Å². The van der Waals surface area contributed by atoms with Gasteiger partial charge >= 0.3 is 0 Å².